The molecule has 3 N–H and O–H groups in total. The van der Waals surface area contributed by atoms with E-state index in [2.05, 4.69) is 15.3 Å². The quantitative estimate of drug-likeness (QED) is 0.444. The van der Waals surface area contributed by atoms with Gasteiger partial charge in [-0.25, -0.2) is 0 Å². The Labute approximate surface area is 170 Å². The lowest BCUT2D eigenvalue weighted by molar-refractivity contribution is -0.114. The van der Waals surface area contributed by atoms with Gasteiger partial charge in [0.1, 0.15) is 5.56 Å². The average Bonchev–Trinajstić information content (AvgIpc) is 2.62. The summed E-state index contributed by atoms with van der Waals surface area (Å²) >= 11 is 11.2. The maximum absolute atomic E-state index is 12.2. The molecule has 0 aliphatic carbocycles. The summed E-state index contributed by atoms with van der Waals surface area (Å²) < 4.78 is 1.32. The highest BCUT2D eigenvalue weighted by Gasteiger charge is 2.12. The highest BCUT2D eigenvalue weighted by Crippen LogP contribution is 2.22. The van der Waals surface area contributed by atoms with Crippen LogP contribution in [0.4, 0.5) is 11.4 Å². The van der Waals surface area contributed by atoms with Gasteiger partial charge < -0.3 is 10.4 Å². The highest BCUT2D eigenvalue weighted by atomic mass is 35.5. The van der Waals surface area contributed by atoms with E-state index in [0.717, 1.165) is 0 Å². The third-order valence-corrected chi connectivity index (χ3v) is 4.24. The van der Waals surface area contributed by atoms with Crippen LogP contribution < -0.4 is 10.9 Å². The third kappa shape index (κ3) is 4.36. The number of aromatic hydroxyl groups is 1. The molecule has 1 heterocycles. The molecule has 0 aliphatic heterocycles. The summed E-state index contributed by atoms with van der Waals surface area (Å²) in [6.07, 6.45) is 1.25. The molecular weight excluding hydrogens is 400 g/mol. The zero-order chi connectivity index (χ0) is 20.3. The minimum Gasteiger partial charge on any atom is -0.494 e. The number of benzene rings is 2. The molecule has 0 aliphatic rings. The fourth-order valence-electron chi connectivity index (χ4n) is 2.48. The molecule has 3 rings (SSSR count). The van der Waals surface area contributed by atoms with Gasteiger partial charge in [-0.1, -0.05) is 17.7 Å². The van der Waals surface area contributed by atoms with E-state index in [9.17, 15) is 14.7 Å². The van der Waals surface area contributed by atoms with Crippen molar-refractivity contribution in [1.82, 2.24) is 9.55 Å². The molecule has 1 amide bonds. The van der Waals surface area contributed by atoms with E-state index >= 15 is 0 Å². The number of carbonyl (C=O) groups is 1. The largest absolute Gasteiger partial charge is 0.494 e. The van der Waals surface area contributed by atoms with Gasteiger partial charge in [-0.3, -0.25) is 24.1 Å². The van der Waals surface area contributed by atoms with Crippen LogP contribution in [0.5, 0.6) is 5.88 Å². The summed E-state index contributed by atoms with van der Waals surface area (Å²) in [5.41, 5.74) is 1.03. The molecule has 9 heteroatoms. The van der Waals surface area contributed by atoms with Crippen LogP contribution in [0, 0.1) is 4.77 Å². The van der Waals surface area contributed by atoms with E-state index in [-0.39, 0.29) is 22.1 Å². The fraction of sp³-hybridized carbons (Fsp3) is 0.0526. The van der Waals surface area contributed by atoms with E-state index in [1.807, 2.05) is 0 Å². The first-order valence-corrected chi connectivity index (χ1v) is 8.90. The second kappa shape index (κ2) is 8.20. The first-order valence-electron chi connectivity index (χ1n) is 8.11. The van der Waals surface area contributed by atoms with Crippen LogP contribution in [0.1, 0.15) is 12.5 Å². The standard InChI is InChI=1S/C19H15ClN4O3S/c1-11(25)22-14-7-5-13(6-8-14)21-10-16-17(26)23-19(28)24(18(16)27)15-4-2-3-12(20)9-15/h2-10,27H,1H3,(H,22,25)(H,23,26,28). The van der Waals surface area contributed by atoms with Gasteiger partial charge in [0.15, 0.2) is 4.77 Å². The van der Waals surface area contributed by atoms with Crippen molar-refractivity contribution in [2.75, 3.05) is 5.32 Å². The number of hydrogen-bond acceptors (Lipinski definition) is 5. The van der Waals surface area contributed by atoms with Crippen molar-refractivity contribution in [3.05, 3.63) is 74.2 Å². The predicted molar refractivity (Wildman–Crippen MR) is 112 cm³/mol. The molecule has 3 aromatic rings. The normalized spacial score (nSPS) is 10.9. The van der Waals surface area contributed by atoms with Crippen LogP contribution in [-0.2, 0) is 4.79 Å². The van der Waals surface area contributed by atoms with Crippen molar-refractivity contribution in [3.8, 4) is 11.6 Å². The molecule has 0 radical (unpaired) electrons. The number of rotatable bonds is 4. The Morgan fingerprint density at radius 3 is 2.64 bits per heavy atom. The van der Waals surface area contributed by atoms with E-state index < -0.39 is 5.56 Å². The zero-order valence-electron chi connectivity index (χ0n) is 14.6. The second-order valence-electron chi connectivity index (χ2n) is 5.80. The molecule has 0 fully saturated rings. The fourth-order valence-corrected chi connectivity index (χ4v) is 2.95. The summed E-state index contributed by atoms with van der Waals surface area (Å²) in [4.78, 5) is 30.0. The predicted octanol–water partition coefficient (Wildman–Crippen LogP) is 3.96. The molecule has 28 heavy (non-hydrogen) atoms. The lowest BCUT2D eigenvalue weighted by atomic mass is 10.2. The molecule has 0 spiro atoms. The van der Waals surface area contributed by atoms with Crippen molar-refractivity contribution in [2.24, 2.45) is 4.99 Å². The maximum Gasteiger partial charge on any atom is 0.264 e. The van der Waals surface area contributed by atoms with Crippen LogP contribution in [0.2, 0.25) is 5.02 Å². The number of nitrogens with one attached hydrogen (secondary N) is 2. The molecule has 0 atom stereocenters. The van der Waals surface area contributed by atoms with E-state index in [1.165, 1.54) is 17.7 Å². The van der Waals surface area contributed by atoms with Crippen LogP contribution in [-0.4, -0.2) is 26.8 Å². The van der Waals surface area contributed by atoms with Crippen LogP contribution in [0.25, 0.3) is 5.69 Å². The number of hydrogen-bond donors (Lipinski definition) is 3. The Morgan fingerprint density at radius 1 is 1.29 bits per heavy atom. The molecular formula is C19H15ClN4O3S. The second-order valence-corrected chi connectivity index (χ2v) is 6.62. The van der Waals surface area contributed by atoms with Gasteiger partial charge in [0, 0.05) is 23.8 Å². The van der Waals surface area contributed by atoms with Crippen LogP contribution >= 0.6 is 23.8 Å². The molecule has 0 saturated carbocycles. The van der Waals surface area contributed by atoms with Crippen molar-refractivity contribution < 1.29 is 9.90 Å². The number of aromatic amines is 1. The lowest BCUT2D eigenvalue weighted by Gasteiger charge is -2.11. The summed E-state index contributed by atoms with van der Waals surface area (Å²) in [7, 11) is 0. The Balaban J connectivity index is 1.99. The smallest absolute Gasteiger partial charge is 0.264 e. The first kappa shape index (κ1) is 19.5. The number of amides is 1. The lowest BCUT2D eigenvalue weighted by Crippen LogP contribution is -2.18. The van der Waals surface area contributed by atoms with Crippen molar-refractivity contribution in [3.63, 3.8) is 0 Å². The molecule has 142 valence electrons. The summed E-state index contributed by atoms with van der Waals surface area (Å²) in [5.74, 6) is -0.531. The summed E-state index contributed by atoms with van der Waals surface area (Å²) in [6.45, 7) is 1.42. The van der Waals surface area contributed by atoms with E-state index in [1.54, 1.807) is 48.5 Å². The van der Waals surface area contributed by atoms with Crippen molar-refractivity contribution in [2.45, 2.75) is 6.92 Å². The maximum atomic E-state index is 12.2. The number of aromatic nitrogens is 2. The summed E-state index contributed by atoms with van der Waals surface area (Å²) in [6, 6.07) is 13.4. The average molecular weight is 415 g/mol. The molecule has 0 unspecified atom stereocenters. The number of carbonyl (C=O) groups excluding carboxylic acids is 1. The van der Waals surface area contributed by atoms with Gasteiger partial charge in [0.05, 0.1) is 11.4 Å². The van der Waals surface area contributed by atoms with Gasteiger partial charge in [-0.2, -0.15) is 0 Å². The van der Waals surface area contributed by atoms with Crippen LogP contribution in [0.3, 0.4) is 0 Å². The minimum absolute atomic E-state index is 0.0292. The van der Waals surface area contributed by atoms with Gasteiger partial charge in [0.2, 0.25) is 11.8 Å². The third-order valence-electron chi connectivity index (χ3n) is 3.72. The van der Waals surface area contributed by atoms with E-state index in [0.29, 0.717) is 22.1 Å². The van der Waals surface area contributed by atoms with Crippen molar-refractivity contribution in [1.29, 1.82) is 0 Å². The topological polar surface area (TPSA) is 99.5 Å². The first-order chi connectivity index (χ1) is 13.3. The van der Waals surface area contributed by atoms with Crippen molar-refractivity contribution >= 4 is 47.3 Å². The Hall–Kier alpha value is -3.23. The zero-order valence-corrected chi connectivity index (χ0v) is 16.2. The summed E-state index contributed by atoms with van der Waals surface area (Å²) in [5, 5.41) is 13.7. The highest BCUT2D eigenvalue weighted by molar-refractivity contribution is 7.71. The Kier molecular flexibility index (Phi) is 5.72. The molecule has 7 nitrogen and oxygen atoms in total. The Morgan fingerprint density at radius 2 is 2.00 bits per heavy atom. The molecule has 1 aromatic heterocycles. The minimum atomic E-state index is -0.570. The SMILES string of the molecule is CC(=O)Nc1ccc(N=Cc2c(O)n(-c3cccc(Cl)c3)c(=S)[nH]c2=O)cc1. The van der Waals surface area contributed by atoms with Gasteiger partial charge in [-0.05, 0) is 54.7 Å². The van der Waals surface area contributed by atoms with Gasteiger partial charge >= 0.3 is 0 Å². The van der Waals surface area contributed by atoms with E-state index in [4.69, 9.17) is 23.8 Å². The van der Waals surface area contributed by atoms with Crippen LogP contribution in [0.15, 0.2) is 58.3 Å². The van der Waals surface area contributed by atoms with Gasteiger partial charge in [0.25, 0.3) is 5.56 Å². The number of nitrogens with zero attached hydrogens (tertiary/aromatic N) is 2. The number of aliphatic imine (C=N–C) groups is 1. The molecule has 0 bridgehead atoms. The number of halogens is 1. The number of anilines is 1. The molecule has 2 aromatic carbocycles. The monoisotopic (exact) mass is 414 g/mol. The number of H-pyrrole nitrogens is 1. The Bertz CT molecular complexity index is 1180. The molecule has 0 saturated heterocycles. The van der Waals surface area contributed by atoms with Gasteiger partial charge in [-0.15, -0.1) is 0 Å².